The van der Waals surface area contributed by atoms with E-state index in [9.17, 15) is 13.2 Å². The average molecular weight is 520 g/mol. The Balaban J connectivity index is 1.27. The van der Waals surface area contributed by atoms with Crippen LogP contribution < -0.4 is 4.90 Å². The standard InChI is InChI=1S/C29H28F3N5O/c1-22(36-18-16-35(17-19-36)20-23-8-4-2-5-9-23)37(26-10-6-3-7-11-26)21-24-12-14-25(15-13-24)27-33-34-28(38-27)29(30,31)32/h2-15H,1,16-21H2. The van der Waals surface area contributed by atoms with Gasteiger partial charge in [-0.05, 0) is 35.4 Å². The molecule has 1 fully saturated rings. The molecule has 196 valence electrons. The number of halogens is 3. The number of para-hydroxylation sites is 1. The third-order valence-electron chi connectivity index (χ3n) is 6.57. The molecular weight excluding hydrogens is 491 g/mol. The van der Waals surface area contributed by atoms with Gasteiger partial charge < -0.3 is 14.2 Å². The van der Waals surface area contributed by atoms with Crippen molar-refractivity contribution in [3.63, 3.8) is 0 Å². The topological polar surface area (TPSA) is 48.6 Å². The Morgan fingerprint density at radius 3 is 2.05 bits per heavy atom. The summed E-state index contributed by atoms with van der Waals surface area (Å²) in [5, 5.41) is 6.65. The summed E-state index contributed by atoms with van der Waals surface area (Å²) >= 11 is 0. The van der Waals surface area contributed by atoms with Crippen LogP contribution in [0.1, 0.15) is 17.0 Å². The van der Waals surface area contributed by atoms with Crippen LogP contribution in [0.15, 0.2) is 102 Å². The van der Waals surface area contributed by atoms with Gasteiger partial charge in [0.05, 0.1) is 0 Å². The first-order valence-corrected chi connectivity index (χ1v) is 12.4. The van der Waals surface area contributed by atoms with E-state index < -0.39 is 12.1 Å². The number of hydrogen-bond acceptors (Lipinski definition) is 6. The van der Waals surface area contributed by atoms with Gasteiger partial charge in [0, 0.05) is 50.5 Å². The molecule has 1 saturated heterocycles. The van der Waals surface area contributed by atoms with E-state index in [1.165, 1.54) is 5.56 Å². The van der Waals surface area contributed by atoms with Gasteiger partial charge in [-0.15, -0.1) is 10.2 Å². The maximum atomic E-state index is 12.8. The Bertz CT molecular complexity index is 1330. The predicted octanol–water partition coefficient (Wildman–Crippen LogP) is 6.05. The smallest absolute Gasteiger partial charge is 0.413 e. The van der Waals surface area contributed by atoms with Crippen LogP contribution in [0.25, 0.3) is 11.5 Å². The number of anilines is 1. The second kappa shape index (κ2) is 11.1. The van der Waals surface area contributed by atoms with Crippen molar-refractivity contribution < 1.29 is 17.6 Å². The average Bonchev–Trinajstić information content (AvgIpc) is 3.45. The van der Waals surface area contributed by atoms with Crippen LogP contribution in [0.4, 0.5) is 18.9 Å². The Labute approximate surface area is 219 Å². The minimum atomic E-state index is -4.67. The molecule has 0 saturated carbocycles. The lowest BCUT2D eigenvalue weighted by molar-refractivity contribution is -0.156. The van der Waals surface area contributed by atoms with E-state index in [-0.39, 0.29) is 5.89 Å². The van der Waals surface area contributed by atoms with Gasteiger partial charge in [0.2, 0.25) is 5.89 Å². The van der Waals surface area contributed by atoms with E-state index in [1.54, 1.807) is 12.1 Å². The molecule has 0 radical (unpaired) electrons. The number of nitrogens with zero attached hydrogens (tertiary/aromatic N) is 5. The van der Waals surface area contributed by atoms with E-state index in [0.717, 1.165) is 49.8 Å². The molecule has 6 nitrogen and oxygen atoms in total. The van der Waals surface area contributed by atoms with Gasteiger partial charge in [0.25, 0.3) is 0 Å². The molecule has 0 atom stereocenters. The molecule has 5 rings (SSSR count). The number of benzene rings is 3. The van der Waals surface area contributed by atoms with Crippen molar-refractivity contribution >= 4 is 5.69 Å². The van der Waals surface area contributed by atoms with E-state index >= 15 is 0 Å². The second-order valence-corrected chi connectivity index (χ2v) is 9.19. The van der Waals surface area contributed by atoms with Gasteiger partial charge in [0.1, 0.15) is 5.82 Å². The molecule has 38 heavy (non-hydrogen) atoms. The zero-order valence-corrected chi connectivity index (χ0v) is 20.8. The third-order valence-corrected chi connectivity index (χ3v) is 6.57. The molecule has 3 aromatic carbocycles. The fourth-order valence-corrected chi connectivity index (χ4v) is 4.51. The molecule has 4 aromatic rings. The van der Waals surface area contributed by atoms with Crippen molar-refractivity contribution in [2.75, 3.05) is 31.1 Å². The van der Waals surface area contributed by atoms with Crippen molar-refractivity contribution in [3.05, 3.63) is 114 Å². The summed E-state index contributed by atoms with van der Waals surface area (Å²) in [5.41, 5.74) is 3.72. The van der Waals surface area contributed by atoms with Crippen molar-refractivity contribution in [1.29, 1.82) is 0 Å². The number of hydrogen-bond donors (Lipinski definition) is 0. The highest BCUT2D eigenvalue weighted by atomic mass is 19.4. The van der Waals surface area contributed by atoms with Crippen molar-refractivity contribution in [2.45, 2.75) is 19.3 Å². The van der Waals surface area contributed by atoms with Crippen LogP contribution in [0, 0.1) is 0 Å². The number of rotatable bonds is 8. The molecule has 0 spiro atoms. The van der Waals surface area contributed by atoms with Gasteiger partial charge in [-0.2, -0.15) is 13.2 Å². The first kappa shape index (κ1) is 25.5. The van der Waals surface area contributed by atoms with Crippen molar-refractivity contribution in [1.82, 2.24) is 20.0 Å². The molecule has 0 unspecified atom stereocenters. The van der Waals surface area contributed by atoms with Crippen LogP contribution >= 0.6 is 0 Å². The van der Waals surface area contributed by atoms with E-state index in [0.29, 0.717) is 12.1 Å². The van der Waals surface area contributed by atoms with Crippen molar-refractivity contribution in [2.24, 2.45) is 0 Å². The molecule has 9 heteroatoms. The first-order valence-electron chi connectivity index (χ1n) is 12.4. The molecule has 0 aliphatic carbocycles. The Hall–Kier alpha value is -4.11. The first-order chi connectivity index (χ1) is 18.4. The molecule has 2 heterocycles. The van der Waals surface area contributed by atoms with Gasteiger partial charge in [0.15, 0.2) is 0 Å². The second-order valence-electron chi connectivity index (χ2n) is 9.19. The monoisotopic (exact) mass is 519 g/mol. The maximum absolute atomic E-state index is 12.8. The molecule has 0 amide bonds. The number of aromatic nitrogens is 2. The summed E-state index contributed by atoms with van der Waals surface area (Å²) in [6, 6.07) is 27.6. The largest absolute Gasteiger partial charge is 0.470 e. The molecule has 0 N–H and O–H groups in total. The quantitative estimate of drug-likeness (QED) is 0.283. The van der Waals surface area contributed by atoms with Crippen LogP contribution in [-0.4, -0.2) is 46.2 Å². The van der Waals surface area contributed by atoms with E-state index in [1.807, 2.05) is 48.5 Å². The summed E-state index contributed by atoms with van der Waals surface area (Å²) in [4.78, 5) is 6.92. The highest BCUT2D eigenvalue weighted by Gasteiger charge is 2.38. The zero-order valence-electron chi connectivity index (χ0n) is 20.8. The summed E-state index contributed by atoms with van der Waals surface area (Å²) < 4.78 is 43.3. The predicted molar refractivity (Wildman–Crippen MR) is 140 cm³/mol. The highest BCUT2D eigenvalue weighted by Crippen LogP contribution is 2.31. The molecule has 0 bridgehead atoms. The number of alkyl halides is 3. The Morgan fingerprint density at radius 1 is 0.816 bits per heavy atom. The van der Waals surface area contributed by atoms with Crippen LogP contribution in [0.5, 0.6) is 0 Å². The Kier molecular flexibility index (Phi) is 7.46. The molecule has 1 aliphatic heterocycles. The normalized spacial score (nSPS) is 14.4. The molecular formula is C29H28F3N5O. The Morgan fingerprint density at radius 2 is 1.45 bits per heavy atom. The summed E-state index contributed by atoms with van der Waals surface area (Å²) in [6.07, 6.45) is -4.67. The summed E-state index contributed by atoms with van der Waals surface area (Å²) in [5.74, 6) is -0.611. The lowest BCUT2D eigenvalue weighted by Gasteiger charge is -2.41. The van der Waals surface area contributed by atoms with Gasteiger partial charge in [-0.3, -0.25) is 4.90 Å². The van der Waals surface area contributed by atoms with Crippen molar-refractivity contribution in [3.8, 4) is 11.5 Å². The number of piperazine rings is 1. The summed E-state index contributed by atoms with van der Waals surface area (Å²) in [6.45, 7) is 9.54. The zero-order chi connectivity index (χ0) is 26.5. The maximum Gasteiger partial charge on any atom is 0.470 e. The van der Waals surface area contributed by atoms with Crippen LogP contribution in [0.2, 0.25) is 0 Å². The molecule has 1 aliphatic rings. The fourth-order valence-electron chi connectivity index (χ4n) is 4.51. The van der Waals surface area contributed by atoms with E-state index in [2.05, 4.69) is 55.7 Å². The highest BCUT2D eigenvalue weighted by molar-refractivity contribution is 5.55. The lowest BCUT2D eigenvalue weighted by atomic mass is 10.1. The van der Waals surface area contributed by atoms with Crippen LogP contribution in [-0.2, 0) is 19.3 Å². The van der Waals surface area contributed by atoms with Gasteiger partial charge in [-0.25, -0.2) is 0 Å². The lowest BCUT2D eigenvalue weighted by Crippen LogP contribution is -2.48. The minimum absolute atomic E-state index is 0.165. The van der Waals surface area contributed by atoms with Crippen LogP contribution in [0.3, 0.4) is 0 Å². The SMILES string of the molecule is C=C(N1CCN(Cc2ccccc2)CC1)N(Cc1ccc(-c2nnc(C(F)(F)F)o2)cc1)c1ccccc1. The molecule has 1 aromatic heterocycles. The fraction of sp³-hybridized carbons (Fsp3) is 0.241. The summed E-state index contributed by atoms with van der Waals surface area (Å²) in [7, 11) is 0. The van der Waals surface area contributed by atoms with Gasteiger partial charge in [-0.1, -0.05) is 67.2 Å². The van der Waals surface area contributed by atoms with Gasteiger partial charge >= 0.3 is 12.1 Å². The third kappa shape index (κ3) is 6.06. The minimum Gasteiger partial charge on any atom is -0.413 e. The van der Waals surface area contributed by atoms with E-state index in [4.69, 9.17) is 4.42 Å².